The van der Waals surface area contributed by atoms with Gasteiger partial charge in [-0.05, 0) is 5.56 Å². The Morgan fingerprint density at radius 1 is 1.38 bits per heavy atom. The Labute approximate surface area is 125 Å². The van der Waals surface area contributed by atoms with Gasteiger partial charge in [-0.25, -0.2) is 0 Å². The lowest BCUT2D eigenvalue weighted by Gasteiger charge is -2.17. The summed E-state index contributed by atoms with van der Waals surface area (Å²) in [5.74, 6) is -1.59. The molecule has 0 fully saturated rings. The monoisotopic (exact) mass is 308 g/mol. The second kappa shape index (κ2) is 6.27. The minimum absolute atomic E-state index is 0.000451. The van der Waals surface area contributed by atoms with Crippen molar-refractivity contribution in [1.82, 2.24) is 15.5 Å². The lowest BCUT2D eigenvalue weighted by molar-refractivity contribution is -0.137. The van der Waals surface area contributed by atoms with Gasteiger partial charge in [0.1, 0.15) is 10.7 Å². The Balaban J connectivity index is 2.21. The van der Waals surface area contributed by atoms with E-state index in [-0.39, 0.29) is 23.0 Å². The lowest BCUT2D eigenvalue weighted by Crippen LogP contribution is -2.30. The number of carbonyl (C=O) groups excluding carboxylic acids is 1. The van der Waals surface area contributed by atoms with Crippen molar-refractivity contribution in [3.05, 3.63) is 46.6 Å². The molecule has 0 aliphatic heterocycles. The third-order valence-electron chi connectivity index (χ3n) is 2.85. The van der Waals surface area contributed by atoms with E-state index in [1.807, 2.05) is 0 Å². The second-order valence-electron chi connectivity index (χ2n) is 4.33. The van der Waals surface area contributed by atoms with Crippen LogP contribution in [0.15, 0.2) is 30.3 Å². The van der Waals surface area contributed by atoms with Crippen molar-refractivity contribution in [3.8, 4) is 0 Å². The van der Waals surface area contributed by atoms with E-state index in [1.165, 1.54) is 0 Å². The molecule has 1 heterocycles. The molecule has 0 saturated carbocycles. The average Bonchev–Trinajstić information content (AvgIpc) is 2.79. The van der Waals surface area contributed by atoms with Gasteiger partial charge in [0.05, 0.1) is 12.5 Å². The third-order valence-corrected chi connectivity index (χ3v) is 3.23. The molecular weight excluding hydrogens is 296 g/mol. The summed E-state index contributed by atoms with van der Waals surface area (Å²) in [5, 5.41) is 17.6. The van der Waals surface area contributed by atoms with E-state index in [1.54, 1.807) is 30.3 Å². The molecule has 2 rings (SSSR count). The highest BCUT2D eigenvalue weighted by Crippen LogP contribution is 2.22. The molecule has 8 heteroatoms. The molecule has 0 saturated heterocycles. The number of carboxylic acid groups (broad SMARTS) is 1. The predicted octanol–water partition coefficient (Wildman–Crippen LogP) is 1.59. The third kappa shape index (κ3) is 3.51. The molecule has 0 aliphatic carbocycles. The minimum Gasteiger partial charge on any atom is -0.481 e. The Morgan fingerprint density at radius 3 is 2.57 bits per heavy atom. The zero-order valence-corrected chi connectivity index (χ0v) is 11.6. The number of H-pyrrole nitrogens is 1. The quantitative estimate of drug-likeness (QED) is 0.668. The van der Waals surface area contributed by atoms with Crippen molar-refractivity contribution < 1.29 is 14.7 Å². The molecule has 1 atom stereocenters. The number of aliphatic carboxylic acids is 1. The number of benzene rings is 1. The van der Waals surface area contributed by atoms with Crippen LogP contribution in [-0.4, -0.2) is 27.2 Å². The molecule has 0 spiro atoms. The Morgan fingerprint density at radius 2 is 2.05 bits per heavy atom. The number of rotatable bonds is 5. The first kappa shape index (κ1) is 14.9. The van der Waals surface area contributed by atoms with Crippen molar-refractivity contribution in [2.45, 2.75) is 12.5 Å². The van der Waals surface area contributed by atoms with E-state index < -0.39 is 17.9 Å². The first-order chi connectivity index (χ1) is 9.99. The van der Waals surface area contributed by atoms with Crippen molar-refractivity contribution in [2.24, 2.45) is 0 Å². The van der Waals surface area contributed by atoms with Gasteiger partial charge in [0.25, 0.3) is 5.91 Å². The number of nitrogens with two attached hydrogens (primary N) is 1. The summed E-state index contributed by atoms with van der Waals surface area (Å²) < 4.78 is 0. The summed E-state index contributed by atoms with van der Waals surface area (Å²) in [6, 6.07) is 8.11. The first-order valence-corrected chi connectivity index (χ1v) is 6.43. The Hall–Kier alpha value is -2.54. The molecule has 7 nitrogen and oxygen atoms in total. The molecule has 1 aromatic carbocycles. The van der Waals surface area contributed by atoms with Gasteiger partial charge in [-0.2, -0.15) is 5.10 Å². The highest BCUT2D eigenvalue weighted by Gasteiger charge is 2.22. The second-order valence-corrected chi connectivity index (χ2v) is 4.71. The fourth-order valence-electron chi connectivity index (χ4n) is 1.84. The summed E-state index contributed by atoms with van der Waals surface area (Å²) in [6.07, 6.45) is -0.253. The van der Waals surface area contributed by atoms with E-state index >= 15 is 0 Å². The molecule has 2 aromatic rings. The van der Waals surface area contributed by atoms with Gasteiger partial charge >= 0.3 is 5.97 Å². The molecule has 21 heavy (non-hydrogen) atoms. The summed E-state index contributed by atoms with van der Waals surface area (Å²) in [5.41, 5.74) is 6.13. The van der Waals surface area contributed by atoms with Gasteiger partial charge in [-0.15, -0.1) is 0 Å². The maximum absolute atomic E-state index is 12.1. The number of carboxylic acids is 1. The van der Waals surface area contributed by atoms with Gasteiger partial charge in [0, 0.05) is 0 Å². The minimum atomic E-state index is -1.03. The Bertz CT molecular complexity index is 657. The predicted molar refractivity (Wildman–Crippen MR) is 76.9 cm³/mol. The fraction of sp³-hybridized carbons (Fsp3) is 0.154. The average molecular weight is 309 g/mol. The number of amides is 1. The van der Waals surface area contributed by atoms with Crippen molar-refractivity contribution in [3.63, 3.8) is 0 Å². The van der Waals surface area contributed by atoms with Crippen LogP contribution in [0.25, 0.3) is 0 Å². The molecule has 0 radical (unpaired) electrons. The van der Waals surface area contributed by atoms with Crippen LogP contribution in [0.3, 0.4) is 0 Å². The van der Waals surface area contributed by atoms with Crippen LogP contribution in [0.5, 0.6) is 0 Å². The number of hydrogen-bond donors (Lipinski definition) is 4. The molecule has 5 N–H and O–H groups in total. The number of anilines is 1. The number of nitrogen functional groups attached to an aromatic ring is 1. The van der Waals surface area contributed by atoms with Gasteiger partial charge < -0.3 is 16.2 Å². The lowest BCUT2D eigenvalue weighted by atomic mass is 10.0. The standard InChI is InChI=1S/C13H13ClN4O3/c14-10-11(17-18-12(10)15)13(21)16-8(6-9(19)20)7-4-2-1-3-5-7/h1-5,8H,6H2,(H,16,21)(H,19,20)(H3,15,17,18)/t8-/m1/s1. The van der Waals surface area contributed by atoms with Gasteiger partial charge in [-0.3, -0.25) is 14.7 Å². The summed E-state index contributed by atoms with van der Waals surface area (Å²) in [6.45, 7) is 0. The van der Waals surface area contributed by atoms with Crippen LogP contribution in [0.2, 0.25) is 5.02 Å². The zero-order valence-electron chi connectivity index (χ0n) is 10.8. The van der Waals surface area contributed by atoms with Crippen molar-refractivity contribution >= 4 is 29.3 Å². The normalized spacial score (nSPS) is 11.9. The highest BCUT2D eigenvalue weighted by molar-refractivity contribution is 6.35. The van der Waals surface area contributed by atoms with Crippen LogP contribution in [0.1, 0.15) is 28.5 Å². The van der Waals surface area contributed by atoms with E-state index in [9.17, 15) is 9.59 Å². The number of nitrogens with zero attached hydrogens (tertiary/aromatic N) is 1. The summed E-state index contributed by atoms with van der Waals surface area (Å²) >= 11 is 5.84. The molecule has 0 bridgehead atoms. The maximum Gasteiger partial charge on any atom is 0.305 e. The first-order valence-electron chi connectivity index (χ1n) is 6.06. The van der Waals surface area contributed by atoms with Gasteiger partial charge in [0.2, 0.25) is 0 Å². The summed E-state index contributed by atoms with van der Waals surface area (Å²) in [7, 11) is 0. The van der Waals surface area contributed by atoms with E-state index in [2.05, 4.69) is 15.5 Å². The SMILES string of the molecule is Nc1n[nH]c(C(=O)N[C@H](CC(=O)O)c2ccccc2)c1Cl. The number of nitrogens with one attached hydrogen (secondary N) is 2. The fourth-order valence-corrected chi connectivity index (χ4v) is 2.01. The maximum atomic E-state index is 12.1. The molecule has 0 unspecified atom stereocenters. The molecule has 110 valence electrons. The van der Waals surface area contributed by atoms with Crippen LogP contribution in [0, 0.1) is 0 Å². The zero-order chi connectivity index (χ0) is 15.4. The van der Waals surface area contributed by atoms with E-state index in [4.69, 9.17) is 22.4 Å². The highest BCUT2D eigenvalue weighted by atomic mass is 35.5. The van der Waals surface area contributed by atoms with Crippen molar-refractivity contribution in [1.29, 1.82) is 0 Å². The van der Waals surface area contributed by atoms with Gasteiger partial charge in [0.15, 0.2) is 5.82 Å². The number of halogens is 1. The van der Waals surface area contributed by atoms with Crippen LogP contribution in [0.4, 0.5) is 5.82 Å². The van der Waals surface area contributed by atoms with E-state index in [0.29, 0.717) is 5.56 Å². The summed E-state index contributed by atoms with van der Waals surface area (Å²) in [4.78, 5) is 23.1. The van der Waals surface area contributed by atoms with Crippen molar-refractivity contribution in [2.75, 3.05) is 5.73 Å². The number of carbonyl (C=O) groups is 2. The Kier molecular flexibility index (Phi) is 4.44. The molecule has 1 aromatic heterocycles. The van der Waals surface area contributed by atoms with Gasteiger partial charge in [-0.1, -0.05) is 41.9 Å². The van der Waals surface area contributed by atoms with Crippen LogP contribution >= 0.6 is 11.6 Å². The molecule has 0 aliphatic rings. The number of hydrogen-bond acceptors (Lipinski definition) is 4. The smallest absolute Gasteiger partial charge is 0.305 e. The molecule has 1 amide bonds. The topological polar surface area (TPSA) is 121 Å². The number of aromatic nitrogens is 2. The molecular formula is C13H13ClN4O3. The van der Waals surface area contributed by atoms with Crippen LogP contribution in [-0.2, 0) is 4.79 Å². The van der Waals surface area contributed by atoms with Crippen LogP contribution < -0.4 is 11.1 Å². The van der Waals surface area contributed by atoms with E-state index in [0.717, 1.165) is 0 Å². The largest absolute Gasteiger partial charge is 0.481 e. The number of aromatic amines is 1.